The van der Waals surface area contributed by atoms with Crippen LogP contribution in [-0.4, -0.2) is 24.9 Å². The lowest BCUT2D eigenvalue weighted by molar-refractivity contribution is -0.682. The zero-order valence-corrected chi connectivity index (χ0v) is 14.7. The second kappa shape index (κ2) is 9.27. The van der Waals surface area contributed by atoms with Gasteiger partial charge in [0.25, 0.3) is 5.91 Å². The van der Waals surface area contributed by atoms with E-state index in [0.717, 1.165) is 18.2 Å². The zero-order valence-electron chi connectivity index (χ0n) is 14.7. The molecule has 10 heteroatoms. The summed E-state index contributed by atoms with van der Waals surface area (Å²) in [6.45, 7) is 0.914. The minimum absolute atomic E-state index is 0.162. The molecule has 0 radical (unpaired) electrons. The Morgan fingerprint density at radius 1 is 0.964 bits per heavy atom. The fraction of sp³-hybridized carbons (Fsp3) is 0.222. The van der Waals surface area contributed by atoms with Gasteiger partial charge in [-0.25, -0.2) is 22.0 Å². The summed E-state index contributed by atoms with van der Waals surface area (Å²) in [6, 6.07) is 4.12. The molecule has 0 bridgehead atoms. The molecule has 0 saturated carbocycles. The topological polar surface area (TPSA) is 74.8 Å². The van der Waals surface area contributed by atoms with Crippen LogP contribution in [0.5, 0.6) is 0 Å². The number of halogens is 5. The second-order valence-electron chi connectivity index (χ2n) is 5.94. The summed E-state index contributed by atoms with van der Waals surface area (Å²) < 4.78 is 66.0. The molecule has 0 aliphatic heterocycles. The third kappa shape index (κ3) is 5.49. The molecule has 5 nitrogen and oxygen atoms in total. The summed E-state index contributed by atoms with van der Waals surface area (Å²) in [7, 11) is 0. The highest BCUT2D eigenvalue weighted by Gasteiger charge is 2.18. The van der Waals surface area contributed by atoms with E-state index < -0.39 is 59.2 Å². The lowest BCUT2D eigenvalue weighted by atomic mass is 10.1. The Hall–Kier alpha value is -3.01. The third-order valence-corrected chi connectivity index (χ3v) is 3.87. The van der Waals surface area contributed by atoms with Crippen molar-refractivity contribution < 1.29 is 36.9 Å². The Morgan fingerprint density at radius 3 is 2.36 bits per heavy atom. The number of carbonyl (C=O) groups is 2. The fourth-order valence-corrected chi connectivity index (χ4v) is 2.35. The molecule has 2 rings (SSSR count). The molecule has 0 aliphatic carbocycles. The van der Waals surface area contributed by atoms with E-state index in [1.807, 2.05) is 5.32 Å². The molecule has 2 aromatic carbocycles. The van der Waals surface area contributed by atoms with Gasteiger partial charge in [0.15, 0.2) is 24.0 Å². The summed E-state index contributed by atoms with van der Waals surface area (Å²) in [5, 5.41) is 5.73. The Bertz CT molecular complexity index is 892. The average molecular weight is 402 g/mol. The van der Waals surface area contributed by atoms with Gasteiger partial charge in [0.1, 0.15) is 17.7 Å². The molecule has 2 amide bonds. The SMILES string of the molecule is C[C@H]([NH2+]CC(=O)NCC(=O)Nc1ccc(F)c(F)c1F)c1ccc(F)cc1F. The van der Waals surface area contributed by atoms with Gasteiger partial charge >= 0.3 is 0 Å². The number of nitrogens with one attached hydrogen (secondary N) is 2. The lowest BCUT2D eigenvalue weighted by Crippen LogP contribution is -2.87. The van der Waals surface area contributed by atoms with Crippen molar-refractivity contribution in [1.82, 2.24) is 5.32 Å². The van der Waals surface area contributed by atoms with Crippen LogP contribution in [0.15, 0.2) is 30.3 Å². The highest BCUT2D eigenvalue weighted by Crippen LogP contribution is 2.19. The molecule has 0 saturated heterocycles. The maximum Gasteiger partial charge on any atom is 0.275 e. The van der Waals surface area contributed by atoms with Gasteiger partial charge in [-0.1, -0.05) is 0 Å². The van der Waals surface area contributed by atoms with Gasteiger partial charge in [-0.15, -0.1) is 0 Å². The van der Waals surface area contributed by atoms with Gasteiger partial charge in [-0.3, -0.25) is 9.59 Å². The largest absolute Gasteiger partial charge is 0.342 e. The van der Waals surface area contributed by atoms with Gasteiger partial charge in [-0.05, 0) is 31.2 Å². The number of quaternary nitrogens is 1. The lowest BCUT2D eigenvalue weighted by Gasteiger charge is -2.12. The summed E-state index contributed by atoms with van der Waals surface area (Å²) in [5.41, 5.74) is -0.356. The molecule has 0 aliphatic rings. The molecule has 1 atom stereocenters. The Balaban J connectivity index is 1.80. The minimum atomic E-state index is -1.72. The van der Waals surface area contributed by atoms with Crippen LogP contribution >= 0.6 is 0 Å². The molecule has 4 N–H and O–H groups in total. The van der Waals surface area contributed by atoms with Crippen LogP contribution in [0.2, 0.25) is 0 Å². The summed E-state index contributed by atoms with van der Waals surface area (Å²) in [5.74, 6) is -7.55. The Labute approximate surface area is 156 Å². The Kier molecular flexibility index (Phi) is 7.05. The number of amides is 2. The van der Waals surface area contributed by atoms with Crippen molar-refractivity contribution >= 4 is 17.5 Å². The monoisotopic (exact) mass is 402 g/mol. The van der Waals surface area contributed by atoms with Crippen molar-refractivity contribution in [3.63, 3.8) is 0 Å². The van der Waals surface area contributed by atoms with Crippen molar-refractivity contribution in [3.05, 3.63) is 65.0 Å². The molecule has 0 aromatic heterocycles. The molecule has 0 heterocycles. The number of benzene rings is 2. The summed E-state index contributed by atoms with van der Waals surface area (Å²) in [6.07, 6.45) is 0. The highest BCUT2D eigenvalue weighted by molar-refractivity contribution is 5.94. The average Bonchev–Trinajstić information content (AvgIpc) is 2.65. The van der Waals surface area contributed by atoms with Crippen LogP contribution < -0.4 is 16.0 Å². The predicted molar refractivity (Wildman–Crippen MR) is 89.5 cm³/mol. The number of nitrogens with two attached hydrogens (primary N) is 1. The predicted octanol–water partition coefficient (Wildman–Crippen LogP) is 1.76. The van der Waals surface area contributed by atoms with Crippen LogP contribution in [0.25, 0.3) is 0 Å². The molecule has 150 valence electrons. The van der Waals surface area contributed by atoms with Gasteiger partial charge in [-0.2, -0.15) is 0 Å². The normalized spacial score (nSPS) is 11.8. The molecule has 0 unspecified atom stereocenters. The quantitative estimate of drug-likeness (QED) is 0.488. The van der Waals surface area contributed by atoms with Gasteiger partial charge in [0.2, 0.25) is 5.91 Å². The van der Waals surface area contributed by atoms with E-state index in [1.54, 1.807) is 6.92 Å². The van der Waals surface area contributed by atoms with Crippen molar-refractivity contribution in [3.8, 4) is 0 Å². The van der Waals surface area contributed by atoms with E-state index >= 15 is 0 Å². The van der Waals surface area contributed by atoms with E-state index in [9.17, 15) is 31.5 Å². The smallest absolute Gasteiger partial charge is 0.275 e. The Morgan fingerprint density at radius 2 is 1.68 bits per heavy atom. The summed E-state index contributed by atoms with van der Waals surface area (Å²) >= 11 is 0. The second-order valence-corrected chi connectivity index (χ2v) is 5.94. The van der Waals surface area contributed by atoms with Crippen molar-refractivity contribution in [2.45, 2.75) is 13.0 Å². The van der Waals surface area contributed by atoms with E-state index in [1.165, 1.54) is 11.4 Å². The first-order chi connectivity index (χ1) is 13.2. The molecule has 28 heavy (non-hydrogen) atoms. The van der Waals surface area contributed by atoms with Crippen molar-refractivity contribution in [2.24, 2.45) is 0 Å². The standard InChI is InChI=1S/C18H16F5N3O2/c1-9(11-3-2-10(19)6-13(11)21)24-7-15(27)25-8-16(28)26-14-5-4-12(20)17(22)18(14)23/h2-6,9,24H,7-8H2,1H3,(H,25,27)(H,26,28)/p+1/t9-/m0/s1. The maximum atomic E-state index is 13.7. The molecular formula is C18H17F5N3O2+. The molecule has 0 spiro atoms. The number of anilines is 1. The number of carbonyl (C=O) groups excluding carboxylic acids is 2. The zero-order chi connectivity index (χ0) is 20.8. The van der Waals surface area contributed by atoms with E-state index in [-0.39, 0.29) is 12.1 Å². The van der Waals surface area contributed by atoms with E-state index in [0.29, 0.717) is 6.07 Å². The number of hydrogen-bond acceptors (Lipinski definition) is 2. The van der Waals surface area contributed by atoms with E-state index in [2.05, 4.69) is 5.32 Å². The van der Waals surface area contributed by atoms with Crippen LogP contribution in [0, 0.1) is 29.1 Å². The van der Waals surface area contributed by atoms with Crippen LogP contribution in [0.4, 0.5) is 27.6 Å². The molecule has 0 fully saturated rings. The first-order valence-corrected chi connectivity index (χ1v) is 8.17. The number of hydrogen-bond donors (Lipinski definition) is 3. The van der Waals surface area contributed by atoms with Gasteiger partial charge in [0.05, 0.1) is 12.2 Å². The van der Waals surface area contributed by atoms with E-state index in [4.69, 9.17) is 0 Å². The fourth-order valence-electron chi connectivity index (χ4n) is 2.35. The van der Waals surface area contributed by atoms with Gasteiger partial charge < -0.3 is 16.0 Å². The molecular weight excluding hydrogens is 385 g/mol. The van der Waals surface area contributed by atoms with Gasteiger partial charge in [0, 0.05) is 11.6 Å². The summed E-state index contributed by atoms with van der Waals surface area (Å²) in [4.78, 5) is 23.5. The molecule has 2 aromatic rings. The van der Waals surface area contributed by atoms with Crippen LogP contribution in [0.1, 0.15) is 18.5 Å². The highest BCUT2D eigenvalue weighted by atomic mass is 19.2. The maximum absolute atomic E-state index is 13.7. The van der Waals surface area contributed by atoms with Crippen molar-refractivity contribution in [2.75, 3.05) is 18.4 Å². The number of rotatable bonds is 7. The first-order valence-electron chi connectivity index (χ1n) is 8.17. The van der Waals surface area contributed by atoms with Crippen LogP contribution in [0.3, 0.4) is 0 Å². The first kappa shape index (κ1) is 21.3. The van der Waals surface area contributed by atoms with Crippen LogP contribution in [-0.2, 0) is 9.59 Å². The third-order valence-electron chi connectivity index (χ3n) is 3.87. The minimum Gasteiger partial charge on any atom is -0.342 e. The van der Waals surface area contributed by atoms with Crippen molar-refractivity contribution in [1.29, 1.82) is 0 Å².